The zero-order valence-electron chi connectivity index (χ0n) is 17.2. The van der Waals surface area contributed by atoms with Gasteiger partial charge < -0.3 is 20.2 Å². The van der Waals surface area contributed by atoms with E-state index in [1.165, 1.54) is 12.8 Å². The number of aliphatic hydroxyl groups excluding tert-OH is 1. The van der Waals surface area contributed by atoms with Gasteiger partial charge in [0.2, 0.25) is 0 Å². The molecule has 1 aliphatic heterocycles. The van der Waals surface area contributed by atoms with Crippen molar-refractivity contribution < 1.29 is 9.90 Å². The Labute approximate surface area is 172 Å². The zero-order chi connectivity index (χ0) is 21.0. The lowest BCUT2D eigenvalue weighted by Gasteiger charge is -2.48. The average molecular weight is 401 g/mol. The zero-order valence-corrected chi connectivity index (χ0v) is 17.2. The van der Waals surface area contributed by atoms with Gasteiger partial charge in [-0.1, -0.05) is 58.3 Å². The molecule has 0 aromatic carbocycles. The maximum absolute atomic E-state index is 13.0. The molecule has 0 saturated heterocycles. The number of nitroso groups, excluding NO2 is 1. The monoisotopic (exact) mass is 400 g/mol. The molecule has 1 amide bonds. The maximum Gasteiger partial charge on any atom is 0.257 e. The van der Waals surface area contributed by atoms with Crippen molar-refractivity contribution in [2.75, 3.05) is 6.54 Å². The van der Waals surface area contributed by atoms with Gasteiger partial charge in [-0.25, -0.2) is 0 Å². The van der Waals surface area contributed by atoms with Gasteiger partial charge in [0.25, 0.3) is 5.91 Å². The van der Waals surface area contributed by atoms with Crippen LogP contribution in [0.4, 0.5) is 0 Å². The van der Waals surface area contributed by atoms with Crippen molar-refractivity contribution in [2.45, 2.75) is 76.3 Å². The first-order valence-electron chi connectivity index (χ1n) is 10.6. The molecule has 158 valence electrons. The van der Waals surface area contributed by atoms with Gasteiger partial charge in [0, 0.05) is 12.1 Å². The second-order valence-corrected chi connectivity index (χ2v) is 8.23. The number of nitrogens with one attached hydrogen (secondary N) is 1. The highest BCUT2D eigenvalue weighted by molar-refractivity contribution is 5.98. The van der Waals surface area contributed by atoms with Crippen LogP contribution in [0.5, 0.6) is 0 Å². The summed E-state index contributed by atoms with van der Waals surface area (Å²) in [6.07, 6.45) is 10.7. The Morgan fingerprint density at radius 3 is 2.00 bits per heavy atom. The molecule has 3 rings (SSSR count). The van der Waals surface area contributed by atoms with Gasteiger partial charge in [-0.15, -0.1) is 4.91 Å². The number of hydrogen-bond donors (Lipinski definition) is 2. The van der Waals surface area contributed by atoms with Crippen molar-refractivity contribution in [3.8, 4) is 0 Å². The minimum absolute atomic E-state index is 0.0833. The van der Waals surface area contributed by atoms with Crippen LogP contribution in [-0.4, -0.2) is 39.4 Å². The molecule has 29 heavy (non-hydrogen) atoms. The van der Waals surface area contributed by atoms with Crippen molar-refractivity contribution in [2.24, 2.45) is 5.18 Å². The van der Waals surface area contributed by atoms with Gasteiger partial charge in [-0.05, 0) is 30.9 Å². The van der Waals surface area contributed by atoms with Gasteiger partial charge >= 0.3 is 0 Å². The predicted molar refractivity (Wildman–Crippen MR) is 113 cm³/mol. The number of nitrogens with zero attached hydrogens (tertiary/aromatic N) is 3. The van der Waals surface area contributed by atoms with Crippen molar-refractivity contribution in [1.82, 2.24) is 15.1 Å². The summed E-state index contributed by atoms with van der Waals surface area (Å²) in [5, 5.41) is 15.3. The van der Waals surface area contributed by atoms with Gasteiger partial charge in [-0.2, -0.15) is 0 Å². The summed E-state index contributed by atoms with van der Waals surface area (Å²) in [5.41, 5.74) is 0.634. The van der Waals surface area contributed by atoms with Crippen LogP contribution in [-0.2, 0) is 4.79 Å². The molecule has 7 heteroatoms. The molecule has 2 fully saturated rings. The third-order valence-electron chi connectivity index (χ3n) is 6.23. The van der Waals surface area contributed by atoms with Crippen molar-refractivity contribution in [3.05, 3.63) is 53.3 Å². The highest BCUT2D eigenvalue weighted by Gasteiger charge is 2.41. The fraction of sp³-hybridized carbons (Fsp3) is 0.591. The summed E-state index contributed by atoms with van der Waals surface area (Å²) >= 11 is 0. The lowest BCUT2D eigenvalue weighted by Crippen LogP contribution is -2.50. The second-order valence-electron chi connectivity index (χ2n) is 8.23. The molecule has 0 atom stereocenters. The van der Waals surface area contributed by atoms with E-state index in [4.69, 9.17) is 0 Å². The summed E-state index contributed by atoms with van der Waals surface area (Å²) in [4.78, 5) is 28.8. The lowest BCUT2D eigenvalue weighted by atomic mass is 9.90. The molecule has 2 saturated carbocycles. The number of carbonyl (C=O) groups excluding carboxylic acids is 1. The van der Waals surface area contributed by atoms with Gasteiger partial charge in [0.05, 0.1) is 12.2 Å². The van der Waals surface area contributed by atoms with Crippen LogP contribution >= 0.6 is 0 Å². The first-order chi connectivity index (χ1) is 14.0. The first kappa shape index (κ1) is 21.1. The second kappa shape index (κ2) is 9.29. The SMILES string of the molecule is C=C(O)CNC(=O)C1=C(N=O)N(C2CCCCC2)C(=C)N(C2CCCCC2)C1=C. The molecule has 1 heterocycles. The first-order valence-corrected chi connectivity index (χ1v) is 10.6. The number of carbonyl (C=O) groups is 1. The molecule has 2 N–H and O–H groups in total. The topological polar surface area (TPSA) is 85.2 Å². The Morgan fingerprint density at radius 1 is 1.00 bits per heavy atom. The number of aliphatic hydroxyl groups is 1. The lowest BCUT2D eigenvalue weighted by molar-refractivity contribution is -0.117. The van der Waals surface area contributed by atoms with Gasteiger partial charge in [0.1, 0.15) is 17.2 Å². The van der Waals surface area contributed by atoms with E-state index < -0.39 is 5.91 Å². The van der Waals surface area contributed by atoms with E-state index in [1.54, 1.807) is 0 Å². The summed E-state index contributed by atoms with van der Waals surface area (Å²) < 4.78 is 0. The van der Waals surface area contributed by atoms with E-state index in [0.717, 1.165) is 51.4 Å². The number of hydrogen-bond acceptors (Lipinski definition) is 6. The van der Waals surface area contributed by atoms with E-state index >= 15 is 0 Å². The van der Waals surface area contributed by atoms with E-state index in [2.05, 4.69) is 30.2 Å². The Hall–Kier alpha value is -2.57. The molecule has 3 aliphatic rings. The largest absolute Gasteiger partial charge is 0.511 e. The Kier molecular flexibility index (Phi) is 6.77. The standard InChI is InChI=1S/C22H32N4O3/c1-15(27)14-23-22(28)20-16(2)25(18-10-6-4-7-11-18)17(3)26(21(20)24-29)19-12-8-5-9-13-19/h18-19,27H,1-14H2,(H,23,28). The maximum atomic E-state index is 13.0. The third-order valence-corrected chi connectivity index (χ3v) is 6.23. The Bertz CT molecular complexity index is 730. The smallest absolute Gasteiger partial charge is 0.257 e. The Balaban J connectivity index is 2.02. The van der Waals surface area contributed by atoms with Crippen LogP contribution in [0.2, 0.25) is 0 Å². The average Bonchev–Trinajstić information content (AvgIpc) is 2.73. The quantitative estimate of drug-likeness (QED) is 0.509. The van der Waals surface area contributed by atoms with E-state index in [9.17, 15) is 14.8 Å². The van der Waals surface area contributed by atoms with Crippen molar-refractivity contribution in [3.63, 3.8) is 0 Å². The fourth-order valence-electron chi connectivity index (χ4n) is 4.85. The van der Waals surface area contributed by atoms with Crippen LogP contribution in [0, 0.1) is 4.91 Å². The van der Waals surface area contributed by atoms with Crippen LogP contribution in [0.1, 0.15) is 64.2 Å². The Morgan fingerprint density at radius 2 is 1.52 bits per heavy atom. The highest BCUT2D eigenvalue weighted by atomic mass is 16.3. The van der Waals surface area contributed by atoms with Gasteiger partial charge in [0.15, 0.2) is 5.82 Å². The normalized spacial score (nSPS) is 22.1. The van der Waals surface area contributed by atoms with Crippen LogP contribution in [0.25, 0.3) is 0 Å². The summed E-state index contributed by atoms with van der Waals surface area (Å²) in [6, 6.07) is 0.303. The highest BCUT2D eigenvalue weighted by Crippen LogP contribution is 2.41. The molecular weight excluding hydrogens is 368 g/mol. The fourth-order valence-corrected chi connectivity index (χ4v) is 4.85. The molecule has 0 radical (unpaired) electrons. The molecule has 7 nitrogen and oxygen atoms in total. The van der Waals surface area contributed by atoms with E-state index in [1.807, 2.05) is 9.80 Å². The molecule has 0 bridgehead atoms. The number of rotatable bonds is 6. The summed E-state index contributed by atoms with van der Waals surface area (Å²) in [6.45, 7) is 11.8. The molecule has 0 aromatic heterocycles. The van der Waals surface area contributed by atoms with Crippen molar-refractivity contribution in [1.29, 1.82) is 0 Å². The van der Waals surface area contributed by atoms with Crippen LogP contribution in [0.3, 0.4) is 0 Å². The minimum Gasteiger partial charge on any atom is -0.511 e. The molecule has 0 spiro atoms. The summed E-state index contributed by atoms with van der Waals surface area (Å²) in [7, 11) is 0. The molecular formula is C22H32N4O3. The van der Waals surface area contributed by atoms with E-state index in [0.29, 0.717) is 11.5 Å². The minimum atomic E-state index is -0.478. The van der Waals surface area contributed by atoms with Gasteiger partial charge in [-0.3, -0.25) is 4.79 Å². The van der Waals surface area contributed by atoms with Crippen molar-refractivity contribution >= 4 is 5.91 Å². The summed E-state index contributed by atoms with van der Waals surface area (Å²) in [5.74, 6) is 0.152. The third kappa shape index (κ3) is 4.38. The van der Waals surface area contributed by atoms with Crippen LogP contribution < -0.4 is 5.32 Å². The predicted octanol–water partition coefficient (Wildman–Crippen LogP) is 4.42. The van der Waals surface area contributed by atoms with Crippen LogP contribution in [0.15, 0.2) is 53.6 Å². The van der Waals surface area contributed by atoms with E-state index in [-0.39, 0.29) is 35.8 Å². The molecule has 2 aliphatic carbocycles. The molecule has 0 unspecified atom stereocenters. The number of amides is 1. The molecule has 0 aromatic rings.